The minimum atomic E-state index is -0.495. The van der Waals surface area contributed by atoms with E-state index in [-0.39, 0.29) is 22.8 Å². The Labute approximate surface area is 110 Å². The Morgan fingerprint density at radius 1 is 1.50 bits per heavy atom. The van der Waals surface area contributed by atoms with Crippen molar-refractivity contribution in [3.05, 3.63) is 27.4 Å². The SMILES string of the molecule is CC1CCCC(Oc2nc(Cl)ccc2[N+](=O)[O-])C1. The lowest BCUT2D eigenvalue weighted by Crippen LogP contribution is -2.24. The lowest BCUT2D eigenvalue weighted by atomic mass is 9.89. The van der Waals surface area contributed by atoms with E-state index in [2.05, 4.69) is 11.9 Å². The third kappa shape index (κ3) is 3.10. The Balaban J connectivity index is 2.16. The number of rotatable bonds is 3. The van der Waals surface area contributed by atoms with Crippen molar-refractivity contribution in [3.63, 3.8) is 0 Å². The largest absolute Gasteiger partial charge is 0.469 e. The van der Waals surface area contributed by atoms with Crippen molar-refractivity contribution in [2.75, 3.05) is 0 Å². The highest BCUT2D eigenvalue weighted by Crippen LogP contribution is 2.31. The molecule has 0 bridgehead atoms. The Morgan fingerprint density at radius 2 is 2.28 bits per heavy atom. The van der Waals surface area contributed by atoms with E-state index in [0.717, 1.165) is 19.3 Å². The number of nitrogens with zero attached hydrogens (tertiary/aromatic N) is 2. The molecule has 1 aromatic rings. The monoisotopic (exact) mass is 270 g/mol. The lowest BCUT2D eigenvalue weighted by Gasteiger charge is -2.26. The van der Waals surface area contributed by atoms with Crippen LogP contribution in [0.15, 0.2) is 12.1 Å². The zero-order chi connectivity index (χ0) is 13.1. The van der Waals surface area contributed by atoms with E-state index in [4.69, 9.17) is 16.3 Å². The summed E-state index contributed by atoms with van der Waals surface area (Å²) in [5.74, 6) is 0.619. The maximum absolute atomic E-state index is 10.9. The molecule has 2 atom stereocenters. The van der Waals surface area contributed by atoms with Crippen molar-refractivity contribution >= 4 is 17.3 Å². The molecule has 1 aromatic heterocycles. The molecule has 0 amide bonds. The molecular weight excluding hydrogens is 256 g/mol. The van der Waals surface area contributed by atoms with E-state index in [0.29, 0.717) is 5.92 Å². The minimum Gasteiger partial charge on any atom is -0.469 e. The summed E-state index contributed by atoms with van der Waals surface area (Å²) in [5, 5.41) is 11.1. The van der Waals surface area contributed by atoms with Crippen molar-refractivity contribution < 1.29 is 9.66 Å². The Bertz CT molecular complexity index is 453. The topological polar surface area (TPSA) is 65.3 Å². The molecule has 0 radical (unpaired) electrons. The van der Waals surface area contributed by atoms with Gasteiger partial charge in [-0.2, -0.15) is 4.98 Å². The quantitative estimate of drug-likeness (QED) is 0.478. The number of pyridine rings is 1. The van der Waals surface area contributed by atoms with E-state index < -0.39 is 4.92 Å². The van der Waals surface area contributed by atoms with Crippen LogP contribution in [-0.4, -0.2) is 16.0 Å². The zero-order valence-electron chi connectivity index (χ0n) is 10.1. The van der Waals surface area contributed by atoms with Crippen LogP contribution in [0.1, 0.15) is 32.6 Å². The van der Waals surface area contributed by atoms with E-state index in [1.165, 1.54) is 18.6 Å². The van der Waals surface area contributed by atoms with Crippen LogP contribution in [0.2, 0.25) is 5.15 Å². The Hall–Kier alpha value is -1.36. The predicted molar refractivity (Wildman–Crippen MR) is 67.9 cm³/mol. The first-order valence-corrected chi connectivity index (χ1v) is 6.41. The van der Waals surface area contributed by atoms with E-state index in [1.54, 1.807) is 0 Å². The third-order valence-corrected chi connectivity index (χ3v) is 3.38. The molecule has 6 heteroatoms. The average molecular weight is 271 g/mol. The van der Waals surface area contributed by atoms with E-state index in [1.807, 2.05) is 0 Å². The van der Waals surface area contributed by atoms with Crippen LogP contribution in [0.5, 0.6) is 5.88 Å². The summed E-state index contributed by atoms with van der Waals surface area (Å²) >= 11 is 5.75. The molecule has 2 rings (SSSR count). The van der Waals surface area contributed by atoms with Crippen LogP contribution in [0, 0.1) is 16.0 Å². The van der Waals surface area contributed by atoms with Crippen LogP contribution >= 0.6 is 11.6 Å². The van der Waals surface area contributed by atoms with Gasteiger partial charge >= 0.3 is 5.69 Å². The minimum absolute atomic E-state index is 0.00147. The fourth-order valence-electron chi connectivity index (χ4n) is 2.28. The van der Waals surface area contributed by atoms with Crippen molar-refractivity contribution in [3.8, 4) is 5.88 Å². The highest BCUT2D eigenvalue weighted by Gasteiger charge is 2.25. The molecule has 0 saturated heterocycles. The van der Waals surface area contributed by atoms with Gasteiger partial charge < -0.3 is 4.74 Å². The van der Waals surface area contributed by atoms with Crippen LogP contribution in [0.4, 0.5) is 5.69 Å². The predicted octanol–water partition coefficient (Wildman–Crippen LogP) is 3.60. The van der Waals surface area contributed by atoms with Gasteiger partial charge in [0.05, 0.1) is 4.92 Å². The first-order valence-electron chi connectivity index (χ1n) is 6.04. The lowest BCUT2D eigenvalue weighted by molar-refractivity contribution is -0.386. The summed E-state index contributed by atoms with van der Waals surface area (Å²) < 4.78 is 5.66. The number of hydrogen-bond donors (Lipinski definition) is 0. The number of nitro groups is 1. The summed E-state index contributed by atoms with van der Waals surface area (Å²) in [7, 11) is 0. The molecular formula is C12H15ClN2O3. The van der Waals surface area contributed by atoms with Crippen molar-refractivity contribution in [1.82, 2.24) is 4.98 Å². The number of aromatic nitrogens is 1. The Kier molecular flexibility index (Phi) is 4.01. The standard InChI is InChI=1S/C12H15ClN2O3/c1-8-3-2-4-9(7-8)18-12-10(15(16)17)5-6-11(13)14-12/h5-6,8-9H,2-4,7H2,1H3. The normalized spacial score (nSPS) is 23.7. The summed E-state index contributed by atoms with van der Waals surface area (Å²) in [6, 6.07) is 2.73. The van der Waals surface area contributed by atoms with Gasteiger partial charge in [0.2, 0.25) is 0 Å². The Morgan fingerprint density at radius 3 is 2.94 bits per heavy atom. The molecule has 1 aliphatic rings. The molecule has 2 unspecified atom stereocenters. The molecule has 1 aliphatic carbocycles. The molecule has 1 saturated carbocycles. The van der Waals surface area contributed by atoms with Crippen LogP contribution < -0.4 is 4.74 Å². The van der Waals surface area contributed by atoms with Gasteiger partial charge in [-0.25, -0.2) is 0 Å². The highest BCUT2D eigenvalue weighted by atomic mass is 35.5. The van der Waals surface area contributed by atoms with Gasteiger partial charge in [0.1, 0.15) is 11.3 Å². The van der Waals surface area contributed by atoms with Gasteiger partial charge in [-0.15, -0.1) is 0 Å². The first-order chi connectivity index (χ1) is 8.56. The molecule has 1 heterocycles. The molecule has 0 aromatic carbocycles. The van der Waals surface area contributed by atoms with Gasteiger partial charge in [-0.1, -0.05) is 24.9 Å². The average Bonchev–Trinajstić information content (AvgIpc) is 2.28. The number of ether oxygens (including phenoxy) is 1. The molecule has 1 fully saturated rings. The summed E-state index contributed by atoms with van der Waals surface area (Å²) in [6.45, 7) is 2.16. The third-order valence-electron chi connectivity index (χ3n) is 3.17. The number of halogens is 1. The molecule has 0 aliphatic heterocycles. The highest BCUT2D eigenvalue weighted by molar-refractivity contribution is 6.29. The van der Waals surface area contributed by atoms with Crippen molar-refractivity contribution in [1.29, 1.82) is 0 Å². The molecule has 0 spiro atoms. The molecule has 18 heavy (non-hydrogen) atoms. The smallest absolute Gasteiger partial charge is 0.331 e. The van der Waals surface area contributed by atoms with Crippen LogP contribution in [0.25, 0.3) is 0 Å². The maximum Gasteiger partial charge on any atom is 0.331 e. The van der Waals surface area contributed by atoms with Gasteiger partial charge in [0.15, 0.2) is 0 Å². The van der Waals surface area contributed by atoms with Crippen LogP contribution in [-0.2, 0) is 0 Å². The van der Waals surface area contributed by atoms with E-state index >= 15 is 0 Å². The number of hydrogen-bond acceptors (Lipinski definition) is 4. The maximum atomic E-state index is 10.9. The van der Waals surface area contributed by atoms with Crippen molar-refractivity contribution in [2.45, 2.75) is 38.7 Å². The fraction of sp³-hybridized carbons (Fsp3) is 0.583. The summed E-state index contributed by atoms with van der Waals surface area (Å²) in [5.41, 5.74) is -0.127. The van der Waals surface area contributed by atoms with Crippen molar-refractivity contribution in [2.24, 2.45) is 5.92 Å². The van der Waals surface area contributed by atoms with Gasteiger partial charge in [0, 0.05) is 6.07 Å². The van der Waals surface area contributed by atoms with Crippen LogP contribution in [0.3, 0.4) is 0 Å². The second-order valence-electron chi connectivity index (χ2n) is 4.73. The van der Waals surface area contributed by atoms with E-state index in [9.17, 15) is 10.1 Å². The summed E-state index contributed by atoms with van der Waals surface area (Å²) in [4.78, 5) is 14.3. The second kappa shape index (κ2) is 5.52. The molecule has 98 valence electrons. The molecule has 5 nitrogen and oxygen atoms in total. The zero-order valence-corrected chi connectivity index (χ0v) is 10.9. The fourth-order valence-corrected chi connectivity index (χ4v) is 2.42. The van der Waals surface area contributed by atoms with Gasteiger partial charge in [-0.3, -0.25) is 10.1 Å². The first kappa shape index (κ1) is 13.1. The molecule has 0 N–H and O–H groups in total. The van der Waals surface area contributed by atoms with Gasteiger partial charge in [-0.05, 0) is 31.2 Å². The van der Waals surface area contributed by atoms with Gasteiger partial charge in [0.25, 0.3) is 5.88 Å². The summed E-state index contributed by atoms with van der Waals surface area (Å²) in [6.07, 6.45) is 4.09. The second-order valence-corrected chi connectivity index (χ2v) is 5.11.